The highest BCUT2D eigenvalue weighted by molar-refractivity contribution is 6.31. The minimum atomic E-state index is -0.443. The number of carbonyl (C=O) groups is 1. The van der Waals surface area contributed by atoms with Crippen LogP contribution in [-0.4, -0.2) is 13.2 Å². The Kier molecular flexibility index (Phi) is 4.43. The summed E-state index contributed by atoms with van der Waals surface area (Å²) < 4.78 is 4.55. The third-order valence-corrected chi connectivity index (χ3v) is 2.51. The van der Waals surface area contributed by atoms with Gasteiger partial charge in [-0.2, -0.15) is 0 Å². The topological polar surface area (TPSA) is 38.3 Å². The van der Waals surface area contributed by atoms with E-state index in [0.717, 1.165) is 12.0 Å². The van der Waals surface area contributed by atoms with Crippen LogP contribution in [0.25, 0.3) is 0 Å². The van der Waals surface area contributed by atoms with Gasteiger partial charge in [0.05, 0.1) is 13.2 Å². The van der Waals surface area contributed by atoms with Crippen LogP contribution in [0.15, 0.2) is 24.3 Å². The molecule has 1 amide bonds. The van der Waals surface area contributed by atoms with E-state index in [9.17, 15) is 4.79 Å². The first kappa shape index (κ1) is 11.9. The van der Waals surface area contributed by atoms with Gasteiger partial charge in [0.1, 0.15) is 0 Å². The number of rotatable bonds is 3. The fraction of sp³-hybridized carbons (Fsp3) is 0.364. The summed E-state index contributed by atoms with van der Waals surface area (Å²) in [6.07, 6.45) is 0.320. The predicted octanol–water partition coefficient (Wildman–Crippen LogP) is 3.15. The second kappa shape index (κ2) is 5.61. The molecule has 0 heterocycles. The number of ether oxygens (including phenoxy) is 1. The summed E-state index contributed by atoms with van der Waals surface area (Å²) in [5.74, 6) is 0. The Morgan fingerprint density at radius 2 is 2.20 bits per heavy atom. The van der Waals surface area contributed by atoms with E-state index >= 15 is 0 Å². The summed E-state index contributed by atoms with van der Waals surface area (Å²) >= 11 is 6.03. The zero-order chi connectivity index (χ0) is 11.3. The molecule has 82 valence electrons. The molecule has 0 bridgehead atoms. The number of nitrogens with one attached hydrogen (secondary N) is 1. The first-order chi connectivity index (χ1) is 7.19. The van der Waals surface area contributed by atoms with Gasteiger partial charge in [0.25, 0.3) is 0 Å². The molecule has 4 heteroatoms. The summed E-state index contributed by atoms with van der Waals surface area (Å²) in [5, 5.41) is 3.38. The van der Waals surface area contributed by atoms with E-state index < -0.39 is 6.09 Å². The quantitative estimate of drug-likeness (QED) is 0.862. The minimum Gasteiger partial charge on any atom is -0.453 e. The Balaban J connectivity index is 2.83. The van der Waals surface area contributed by atoms with E-state index in [-0.39, 0.29) is 6.04 Å². The molecule has 1 atom stereocenters. The lowest BCUT2D eigenvalue weighted by atomic mass is 10.1. The van der Waals surface area contributed by atoms with E-state index in [4.69, 9.17) is 11.6 Å². The lowest BCUT2D eigenvalue weighted by molar-refractivity contribution is 0.166. The number of hydrogen-bond acceptors (Lipinski definition) is 2. The van der Waals surface area contributed by atoms with Crippen LogP contribution in [0.3, 0.4) is 0 Å². The number of methoxy groups -OCH3 is 1. The summed E-state index contributed by atoms with van der Waals surface area (Å²) in [6.45, 7) is 1.98. The van der Waals surface area contributed by atoms with Crippen LogP contribution >= 0.6 is 11.6 Å². The minimum absolute atomic E-state index is 0.105. The van der Waals surface area contributed by atoms with Crippen molar-refractivity contribution >= 4 is 17.7 Å². The second-order valence-electron chi connectivity index (χ2n) is 3.12. The largest absolute Gasteiger partial charge is 0.453 e. The van der Waals surface area contributed by atoms with Gasteiger partial charge in [-0.15, -0.1) is 0 Å². The lowest BCUT2D eigenvalue weighted by Crippen LogP contribution is -2.28. The molecule has 0 aliphatic heterocycles. The van der Waals surface area contributed by atoms with Crippen molar-refractivity contribution in [3.05, 3.63) is 34.9 Å². The SMILES string of the molecule is CC[C@H](NC(=O)OC)c1ccccc1Cl. The van der Waals surface area contributed by atoms with Gasteiger partial charge in [-0.1, -0.05) is 36.7 Å². The molecule has 0 saturated carbocycles. The van der Waals surface area contributed by atoms with Crippen LogP contribution in [0.4, 0.5) is 4.79 Å². The Morgan fingerprint density at radius 1 is 1.53 bits per heavy atom. The van der Waals surface area contributed by atoms with Gasteiger partial charge in [0, 0.05) is 5.02 Å². The van der Waals surface area contributed by atoms with E-state index in [1.807, 2.05) is 25.1 Å². The standard InChI is InChI=1S/C11H14ClNO2/c1-3-10(13-11(14)15-2)8-6-4-5-7-9(8)12/h4-7,10H,3H2,1-2H3,(H,13,14)/t10-/m0/s1. The summed E-state index contributed by atoms with van der Waals surface area (Å²) in [6, 6.07) is 7.34. The number of carbonyl (C=O) groups excluding carboxylic acids is 1. The maximum absolute atomic E-state index is 11.1. The molecule has 15 heavy (non-hydrogen) atoms. The maximum Gasteiger partial charge on any atom is 0.407 e. The van der Waals surface area contributed by atoms with Crippen molar-refractivity contribution < 1.29 is 9.53 Å². The third-order valence-electron chi connectivity index (χ3n) is 2.17. The van der Waals surface area contributed by atoms with E-state index in [2.05, 4.69) is 10.1 Å². The Hall–Kier alpha value is -1.22. The summed E-state index contributed by atoms with van der Waals surface area (Å²) in [7, 11) is 1.34. The second-order valence-corrected chi connectivity index (χ2v) is 3.53. The molecule has 0 spiro atoms. The molecular weight excluding hydrogens is 214 g/mol. The number of hydrogen-bond donors (Lipinski definition) is 1. The fourth-order valence-corrected chi connectivity index (χ4v) is 1.63. The highest BCUT2D eigenvalue weighted by Gasteiger charge is 2.14. The van der Waals surface area contributed by atoms with Crippen molar-refractivity contribution in [2.45, 2.75) is 19.4 Å². The smallest absolute Gasteiger partial charge is 0.407 e. The fourth-order valence-electron chi connectivity index (χ4n) is 1.36. The zero-order valence-electron chi connectivity index (χ0n) is 8.79. The average molecular weight is 228 g/mol. The van der Waals surface area contributed by atoms with Crippen molar-refractivity contribution in [3.8, 4) is 0 Å². The molecule has 0 fully saturated rings. The van der Waals surface area contributed by atoms with E-state index in [1.165, 1.54) is 7.11 Å². The van der Waals surface area contributed by atoms with Gasteiger partial charge in [0.2, 0.25) is 0 Å². The number of alkyl carbamates (subject to hydrolysis) is 1. The molecular formula is C11H14ClNO2. The van der Waals surface area contributed by atoms with Crippen molar-refractivity contribution in [2.75, 3.05) is 7.11 Å². The van der Waals surface area contributed by atoms with Crippen LogP contribution in [-0.2, 0) is 4.74 Å². The van der Waals surface area contributed by atoms with Crippen LogP contribution in [0.1, 0.15) is 24.9 Å². The monoisotopic (exact) mass is 227 g/mol. The van der Waals surface area contributed by atoms with Gasteiger partial charge < -0.3 is 10.1 Å². The first-order valence-corrected chi connectivity index (χ1v) is 5.15. The lowest BCUT2D eigenvalue weighted by Gasteiger charge is -2.17. The van der Waals surface area contributed by atoms with Crippen molar-refractivity contribution in [1.29, 1.82) is 0 Å². The normalized spacial score (nSPS) is 11.9. The van der Waals surface area contributed by atoms with Crippen LogP contribution in [0, 0.1) is 0 Å². The van der Waals surface area contributed by atoms with Crippen molar-refractivity contribution in [3.63, 3.8) is 0 Å². The average Bonchev–Trinajstić information content (AvgIpc) is 2.26. The molecule has 1 N–H and O–H groups in total. The van der Waals surface area contributed by atoms with Gasteiger partial charge in [0.15, 0.2) is 0 Å². The Labute approximate surface area is 94.4 Å². The molecule has 0 aliphatic carbocycles. The van der Waals surface area contributed by atoms with Crippen molar-refractivity contribution in [1.82, 2.24) is 5.32 Å². The first-order valence-electron chi connectivity index (χ1n) is 4.78. The van der Waals surface area contributed by atoms with Gasteiger partial charge >= 0.3 is 6.09 Å². The van der Waals surface area contributed by atoms with Crippen LogP contribution in [0.2, 0.25) is 5.02 Å². The highest BCUT2D eigenvalue weighted by Crippen LogP contribution is 2.24. The van der Waals surface area contributed by atoms with Crippen LogP contribution < -0.4 is 5.32 Å². The number of halogens is 1. The van der Waals surface area contributed by atoms with Gasteiger partial charge in [-0.05, 0) is 18.1 Å². The summed E-state index contributed by atoms with van der Waals surface area (Å²) in [5.41, 5.74) is 0.909. The van der Waals surface area contributed by atoms with E-state index in [0.29, 0.717) is 5.02 Å². The van der Waals surface area contributed by atoms with E-state index in [1.54, 1.807) is 6.07 Å². The Bertz CT molecular complexity index is 341. The van der Waals surface area contributed by atoms with Gasteiger partial charge in [-0.25, -0.2) is 4.79 Å². The molecule has 0 radical (unpaired) electrons. The molecule has 0 unspecified atom stereocenters. The molecule has 0 aromatic heterocycles. The molecule has 3 nitrogen and oxygen atoms in total. The third kappa shape index (κ3) is 3.13. The molecule has 0 aliphatic rings. The summed E-state index contributed by atoms with van der Waals surface area (Å²) in [4.78, 5) is 11.1. The molecule has 1 rings (SSSR count). The van der Waals surface area contributed by atoms with Crippen molar-refractivity contribution in [2.24, 2.45) is 0 Å². The molecule has 1 aromatic rings. The number of amides is 1. The predicted molar refractivity (Wildman–Crippen MR) is 60.0 cm³/mol. The zero-order valence-corrected chi connectivity index (χ0v) is 9.54. The highest BCUT2D eigenvalue weighted by atomic mass is 35.5. The molecule has 1 aromatic carbocycles. The number of benzene rings is 1. The van der Waals surface area contributed by atoms with Crippen LogP contribution in [0.5, 0.6) is 0 Å². The maximum atomic E-state index is 11.1. The Morgan fingerprint density at radius 3 is 2.73 bits per heavy atom. The van der Waals surface area contributed by atoms with Gasteiger partial charge in [-0.3, -0.25) is 0 Å². The molecule has 0 saturated heterocycles.